The van der Waals surface area contributed by atoms with E-state index in [9.17, 15) is 10.2 Å². The number of rotatable bonds is 2. The van der Waals surface area contributed by atoms with Gasteiger partial charge in [0, 0.05) is 0 Å². The SMILES string of the molecule is Nc1ncnc2c1ncn2[C@H]1O[C@@H](CO)C(O)[C@H]1O. The molecule has 19 heavy (non-hydrogen) atoms. The number of fused-ring (bicyclic) bond motifs is 1. The van der Waals surface area contributed by atoms with E-state index in [1.807, 2.05) is 0 Å². The van der Waals surface area contributed by atoms with Crippen molar-refractivity contribution >= 4 is 17.0 Å². The van der Waals surface area contributed by atoms with Crippen molar-refractivity contribution in [3.63, 3.8) is 0 Å². The third-order valence-corrected chi connectivity index (χ3v) is 3.18. The first-order valence-electron chi connectivity index (χ1n) is 5.69. The third-order valence-electron chi connectivity index (χ3n) is 3.18. The average molecular weight is 267 g/mol. The van der Waals surface area contributed by atoms with Crippen LogP contribution in [0, 0.1) is 0 Å². The van der Waals surface area contributed by atoms with Crippen LogP contribution in [0.1, 0.15) is 6.23 Å². The summed E-state index contributed by atoms with van der Waals surface area (Å²) in [5.74, 6) is 0.218. The Kier molecular flexibility index (Phi) is 2.82. The molecule has 102 valence electrons. The van der Waals surface area contributed by atoms with Gasteiger partial charge < -0.3 is 25.8 Å². The van der Waals surface area contributed by atoms with Gasteiger partial charge in [-0.25, -0.2) is 15.0 Å². The van der Waals surface area contributed by atoms with E-state index in [2.05, 4.69) is 15.0 Å². The summed E-state index contributed by atoms with van der Waals surface area (Å²) in [7, 11) is 0. The van der Waals surface area contributed by atoms with Crippen LogP contribution in [0.3, 0.4) is 0 Å². The number of nitrogens with zero attached hydrogens (tertiary/aromatic N) is 4. The summed E-state index contributed by atoms with van der Waals surface area (Å²) in [5.41, 5.74) is 6.44. The molecule has 0 saturated carbocycles. The van der Waals surface area contributed by atoms with Crippen LogP contribution >= 0.6 is 0 Å². The highest BCUT2D eigenvalue weighted by atomic mass is 16.6. The summed E-state index contributed by atoms with van der Waals surface area (Å²) in [6.07, 6.45) is -1.42. The molecule has 2 aromatic rings. The Bertz CT molecular complexity index is 603. The van der Waals surface area contributed by atoms with Gasteiger partial charge in [0.25, 0.3) is 0 Å². The van der Waals surface area contributed by atoms with Gasteiger partial charge in [-0.2, -0.15) is 0 Å². The van der Waals surface area contributed by atoms with E-state index in [0.29, 0.717) is 11.2 Å². The maximum absolute atomic E-state index is 9.95. The monoisotopic (exact) mass is 267 g/mol. The number of nitrogen functional groups attached to an aromatic ring is 1. The molecule has 9 nitrogen and oxygen atoms in total. The highest BCUT2D eigenvalue weighted by molar-refractivity contribution is 5.81. The van der Waals surface area contributed by atoms with E-state index in [0.717, 1.165) is 0 Å². The molecule has 0 aliphatic carbocycles. The van der Waals surface area contributed by atoms with Crippen LogP contribution in [-0.4, -0.2) is 59.8 Å². The van der Waals surface area contributed by atoms with Crippen LogP contribution in [0.4, 0.5) is 5.82 Å². The lowest BCUT2D eigenvalue weighted by Gasteiger charge is -2.16. The number of imidazole rings is 1. The van der Waals surface area contributed by atoms with Gasteiger partial charge in [-0.3, -0.25) is 4.57 Å². The Morgan fingerprint density at radius 3 is 2.74 bits per heavy atom. The molecule has 1 unspecified atom stereocenters. The lowest BCUT2D eigenvalue weighted by molar-refractivity contribution is -0.0511. The fourth-order valence-corrected chi connectivity index (χ4v) is 2.17. The normalized spacial score (nSPS) is 31.1. The van der Waals surface area contributed by atoms with E-state index >= 15 is 0 Å². The second kappa shape index (κ2) is 4.38. The Hall–Kier alpha value is -1.81. The van der Waals surface area contributed by atoms with Crippen molar-refractivity contribution < 1.29 is 20.1 Å². The van der Waals surface area contributed by atoms with Crippen molar-refractivity contribution in [2.45, 2.75) is 24.5 Å². The van der Waals surface area contributed by atoms with Gasteiger partial charge in [0.1, 0.15) is 30.2 Å². The fourth-order valence-electron chi connectivity index (χ4n) is 2.17. The molecule has 1 aliphatic heterocycles. The van der Waals surface area contributed by atoms with Crippen molar-refractivity contribution in [2.24, 2.45) is 0 Å². The molecule has 1 fully saturated rings. The molecule has 3 heterocycles. The van der Waals surface area contributed by atoms with E-state index in [1.54, 1.807) is 0 Å². The minimum absolute atomic E-state index is 0.218. The minimum atomic E-state index is -1.19. The Balaban J connectivity index is 2.04. The standard InChI is InChI=1S/C10H13N5O4/c11-8-5-9(13-2-12-8)15(3-14-5)10-7(18)6(17)4(1-16)19-10/h2-4,6-7,10,16-18H,1H2,(H2,11,12,13)/t4-,6?,7+,10-/m0/s1. The zero-order chi connectivity index (χ0) is 13.6. The summed E-state index contributed by atoms with van der Waals surface area (Å²) in [5, 5.41) is 28.7. The second-order valence-corrected chi connectivity index (χ2v) is 4.31. The molecule has 0 bridgehead atoms. The number of hydrogen-bond donors (Lipinski definition) is 4. The van der Waals surface area contributed by atoms with Gasteiger partial charge in [0.2, 0.25) is 0 Å². The smallest absolute Gasteiger partial charge is 0.167 e. The van der Waals surface area contributed by atoms with Crippen molar-refractivity contribution in [3.8, 4) is 0 Å². The molecular weight excluding hydrogens is 254 g/mol. The number of aliphatic hydroxyl groups is 3. The van der Waals surface area contributed by atoms with Gasteiger partial charge in [0.05, 0.1) is 12.9 Å². The number of aromatic nitrogens is 4. The Morgan fingerprint density at radius 1 is 1.26 bits per heavy atom. The number of anilines is 1. The van der Waals surface area contributed by atoms with Gasteiger partial charge in [0.15, 0.2) is 17.7 Å². The number of hydrogen-bond acceptors (Lipinski definition) is 8. The molecule has 1 aliphatic rings. The number of ether oxygens (including phenoxy) is 1. The molecule has 0 radical (unpaired) electrons. The van der Waals surface area contributed by atoms with Crippen molar-refractivity contribution in [3.05, 3.63) is 12.7 Å². The topological polar surface area (TPSA) is 140 Å². The molecule has 0 spiro atoms. The van der Waals surface area contributed by atoms with E-state index in [4.69, 9.17) is 15.6 Å². The summed E-state index contributed by atoms with van der Waals surface area (Å²) < 4.78 is 6.85. The Labute approximate surface area is 107 Å². The highest BCUT2D eigenvalue weighted by Crippen LogP contribution is 2.31. The van der Waals surface area contributed by atoms with Crippen molar-refractivity contribution in [2.75, 3.05) is 12.3 Å². The molecule has 0 aromatic carbocycles. The van der Waals surface area contributed by atoms with Crippen LogP contribution < -0.4 is 5.73 Å². The number of nitrogens with two attached hydrogens (primary N) is 1. The van der Waals surface area contributed by atoms with E-state index in [-0.39, 0.29) is 5.82 Å². The van der Waals surface area contributed by atoms with Crippen LogP contribution in [-0.2, 0) is 4.74 Å². The van der Waals surface area contributed by atoms with Gasteiger partial charge in [-0.15, -0.1) is 0 Å². The molecule has 1 saturated heterocycles. The third kappa shape index (κ3) is 1.75. The first-order valence-corrected chi connectivity index (χ1v) is 5.69. The van der Waals surface area contributed by atoms with E-state index < -0.39 is 31.1 Å². The van der Waals surface area contributed by atoms with Crippen LogP contribution in [0.15, 0.2) is 12.7 Å². The number of aliphatic hydroxyl groups excluding tert-OH is 3. The lowest BCUT2D eigenvalue weighted by Crippen LogP contribution is -2.33. The quantitative estimate of drug-likeness (QED) is 0.491. The van der Waals surface area contributed by atoms with Crippen LogP contribution in [0.5, 0.6) is 0 Å². The van der Waals surface area contributed by atoms with E-state index in [1.165, 1.54) is 17.2 Å². The molecule has 4 atom stereocenters. The average Bonchev–Trinajstić information content (AvgIpc) is 2.94. The maximum atomic E-state index is 9.95. The maximum Gasteiger partial charge on any atom is 0.167 e. The van der Waals surface area contributed by atoms with Gasteiger partial charge in [-0.1, -0.05) is 0 Å². The molecule has 2 aromatic heterocycles. The zero-order valence-electron chi connectivity index (χ0n) is 9.79. The van der Waals surface area contributed by atoms with Crippen LogP contribution in [0.25, 0.3) is 11.2 Å². The first-order chi connectivity index (χ1) is 9.13. The van der Waals surface area contributed by atoms with Gasteiger partial charge in [-0.05, 0) is 0 Å². The minimum Gasteiger partial charge on any atom is -0.394 e. The largest absolute Gasteiger partial charge is 0.394 e. The summed E-state index contributed by atoms with van der Waals surface area (Å²) in [4.78, 5) is 11.9. The first kappa shape index (κ1) is 12.2. The zero-order valence-corrected chi connectivity index (χ0v) is 9.79. The second-order valence-electron chi connectivity index (χ2n) is 4.31. The summed E-state index contributed by atoms with van der Waals surface area (Å²) in [6, 6.07) is 0. The molecule has 5 N–H and O–H groups in total. The predicted molar refractivity (Wildman–Crippen MR) is 62.7 cm³/mol. The molecule has 3 rings (SSSR count). The van der Waals surface area contributed by atoms with Crippen LogP contribution in [0.2, 0.25) is 0 Å². The van der Waals surface area contributed by atoms with Crippen molar-refractivity contribution in [1.82, 2.24) is 19.5 Å². The fraction of sp³-hybridized carbons (Fsp3) is 0.500. The molecular formula is C10H13N5O4. The molecule has 0 amide bonds. The predicted octanol–water partition coefficient (Wildman–Crippen LogP) is -1.98. The lowest BCUT2D eigenvalue weighted by atomic mass is 10.1. The summed E-state index contributed by atoms with van der Waals surface area (Å²) in [6.45, 7) is -0.390. The summed E-state index contributed by atoms with van der Waals surface area (Å²) >= 11 is 0. The van der Waals surface area contributed by atoms with Gasteiger partial charge >= 0.3 is 0 Å². The molecule has 9 heteroatoms. The Morgan fingerprint density at radius 2 is 2.05 bits per heavy atom. The van der Waals surface area contributed by atoms with Crippen molar-refractivity contribution in [1.29, 1.82) is 0 Å². The highest BCUT2D eigenvalue weighted by Gasteiger charge is 2.43.